The standard InChI is InChI=1S/C17H23N3O5/c1-3-12-6-4-5-9-19(12)16(21)11-25-17(22)14-10-13(20(23)24)7-8-15(14)18-2/h7-8,10,12,18H,3-6,9,11H2,1-2H3/t12-/m0/s1. The van der Waals surface area contributed by atoms with Gasteiger partial charge < -0.3 is 15.0 Å². The summed E-state index contributed by atoms with van der Waals surface area (Å²) in [5.41, 5.74) is 0.238. The summed E-state index contributed by atoms with van der Waals surface area (Å²) in [4.78, 5) is 36.7. The van der Waals surface area contributed by atoms with E-state index < -0.39 is 10.9 Å². The molecule has 1 atom stereocenters. The normalized spacial score (nSPS) is 17.0. The number of hydrogen-bond acceptors (Lipinski definition) is 6. The van der Waals surface area contributed by atoms with E-state index in [0.717, 1.165) is 31.7 Å². The lowest BCUT2D eigenvalue weighted by atomic mass is 10.00. The molecule has 1 fully saturated rings. The van der Waals surface area contributed by atoms with Gasteiger partial charge in [-0.3, -0.25) is 14.9 Å². The van der Waals surface area contributed by atoms with Crippen LogP contribution in [0.2, 0.25) is 0 Å². The Morgan fingerprint density at radius 3 is 2.80 bits per heavy atom. The molecule has 1 heterocycles. The van der Waals surface area contributed by atoms with E-state index in [1.54, 1.807) is 11.9 Å². The Balaban J connectivity index is 2.05. The number of non-ortho nitro benzene ring substituents is 1. The lowest BCUT2D eigenvalue weighted by Crippen LogP contribution is -2.45. The first-order chi connectivity index (χ1) is 12.0. The van der Waals surface area contributed by atoms with Crippen LogP contribution < -0.4 is 5.32 Å². The molecule has 8 heteroatoms. The molecule has 0 unspecified atom stereocenters. The van der Waals surface area contributed by atoms with Crippen LogP contribution in [0.15, 0.2) is 18.2 Å². The zero-order chi connectivity index (χ0) is 18.4. The van der Waals surface area contributed by atoms with E-state index in [9.17, 15) is 19.7 Å². The fraction of sp³-hybridized carbons (Fsp3) is 0.529. The number of anilines is 1. The number of nitrogens with one attached hydrogen (secondary N) is 1. The molecule has 25 heavy (non-hydrogen) atoms. The van der Waals surface area contributed by atoms with Gasteiger partial charge in [0.05, 0.1) is 10.5 Å². The third kappa shape index (κ3) is 4.46. The summed E-state index contributed by atoms with van der Waals surface area (Å²) in [6.45, 7) is 2.35. The number of nitro benzene ring substituents is 1. The molecule has 1 aromatic carbocycles. The first-order valence-electron chi connectivity index (χ1n) is 8.40. The molecule has 0 aromatic heterocycles. The van der Waals surface area contributed by atoms with E-state index in [1.807, 2.05) is 6.92 Å². The third-order valence-electron chi connectivity index (χ3n) is 4.45. The lowest BCUT2D eigenvalue weighted by molar-refractivity contribution is -0.384. The number of esters is 1. The number of rotatable bonds is 6. The number of carbonyl (C=O) groups excluding carboxylic acids is 2. The Morgan fingerprint density at radius 2 is 2.16 bits per heavy atom. The Morgan fingerprint density at radius 1 is 1.40 bits per heavy atom. The molecule has 8 nitrogen and oxygen atoms in total. The molecule has 1 N–H and O–H groups in total. The largest absolute Gasteiger partial charge is 0.452 e. The van der Waals surface area contributed by atoms with Crippen molar-refractivity contribution in [3.8, 4) is 0 Å². The SMILES string of the molecule is CC[C@H]1CCCCN1C(=O)COC(=O)c1cc([N+](=O)[O-])ccc1NC. The maximum atomic E-state index is 12.4. The van der Waals surface area contributed by atoms with Gasteiger partial charge in [-0.1, -0.05) is 6.92 Å². The van der Waals surface area contributed by atoms with Crippen molar-refractivity contribution in [1.29, 1.82) is 0 Å². The number of ether oxygens (including phenoxy) is 1. The number of nitrogens with zero attached hydrogens (tertiary/aromatic N) is 2. The Labute approximate surface area is 146 Å². The van der Waals surface area contributed by atoms with Gasteiger partial charge in [-0.25, -0.2) is 4.79 Å². The van der Waals surface area contributed by atoms with Crippen molar-refractivity contribution in [1.82, 2.24) is 4.90 Å². The summed E-state index contributed by atoms with van der Waals surface area (Å²) < 4.78 is 5.12. The van der Waals surface area contributed by atoms with Gasteiger partial charge in [0.25, 0.3) is 11.6 Å². The van der Waals surface area contributed by atoms with E-state index in [-0.39, 0.29) is 29.8 Å². The van der Waals surface area contributed by atoms with E-state index in [1.165, 1.54) is 12.1 Å². The van der Waals surface area contributed by atoms with E-state index in [0.29, 0.717) is 12.2 Å². The van der Waals surface area contributed by atoms with Crippen LogP contribution in [0.5, 0.6) is 0 Å². The highest BCUT2D eigenvalue weighted by Gasteiger charge is 2.26. The van der Waals surface area contributed by atoms with Gasteiger partial charge in [0.1, 0.15) is 0 Å². The van der Waals surface area contributed by atoms with Gasteiger partial charge in [0.15, 0.2) is 6.61 Å². The van der Waals surface area contributed by atoms with Crippen LogP contribution in [0.4, 0.5) is 11.4 Å². The highest BCUT2D eigenvalue weighted by molar-refractivity contribution is 5.97. The van der Waals surface area contributed by atoms with Crippen molar-refractivity contribution >= 4 is 23.3 Å². The van der Waals surface area contributed by atoms with Gasteiger partial charge in [-0.15, -0.1) is 0 Å². The molecule has 2 rings (SSSR count). The van der Waals surface area contributed by atoms with Crippen LogP contribution in [-0.4, -0.2) is 47.9 Å². The smallest absolute Gasteiger partial charge is 0.341 e. The molecule has 136 valence electrons. The number of benzene rings is 1. The summed E-state index contributed by atoms with van der Waals surface area (Å²) in [6.07, 6.45) is 3.88. The summed E-state index contributed by atoms with van der Waals surface area (Å²) in [7, 11) is 1.60. The number of carbonyl (C=O) groups is 2. The fourth-order valence-electron chi connectivity index (χ4n) is 3.07. The minimum absolute atomic E-state index is 0.0372. The maximum absolute atomic E-state index is 12.4. The van der Waals surface area contributed by atoms with Gasteiger partial charge >= 0.3 is 5.97 Å². The monoisotopic (exact) mass is 349 g/mol. The second-order valence-electron chi connectivity index (χ2n) is 5.96. The predicted molar refractivity (Wildman–Crippen MR) is 92.6 cm³/mol. The average Bonchev–Trinajstić information content (AvgIpc) is 2.64. The maximum Gasteiger partial charge on any atom is 0.341 e. The number of piperidine rings is 1. The molecule has 0 saturated carbocycles. The summed E-state index contributed by atoms with van der Waals surface area (Å²) in [5.74, 6) is -0.984. The molecule has 1 aliphatic rings. The number of nitro groups is 1. The van der Waals surface area contributed by atoms with Crippen LogP contribution in [-0.2, 0) is 9.53 Å². The first-order valence-corrected chi connectivity index (χ1v) is 8.40. The van der Waals surface area contributed by atoms with Crippen molar-refractivity contribution in [3.63, 3.8) is 0 Å². The second kappa shape index (κ2) is 8.46. The number of likely N-dealkylation sites (tertiary alicyclic amines) is 1. The number of hydrogen-bond donors (Lipinski definition) is 1. The molecule has 1 amide bonds. The first kappa shape index (κ1) is 18.7. The molecular formula is C17H23N3O5. The average molecular weight is 349 g/mol. The molecule has 0 aliphatic carbocycles. The van der Waals surface area contributed by atoms with Crippen molar-refractivity contribution in [2.45, 2.75) is 38.6 Å². The highest BCUT2D eigenvalue weighted by Crippen LogP contribution is 2.23. The predicted octanol–water partition coefficient (Wildman–Crippen LogP) is 2.58. The van der Waals surface area contributed by atoms with E-state index >= 15 is 0 Å². The molecule has 0 bridgehead atoms. The minimum atomic E-state index is -0.758. The summed E-state index contributed by atoms with van der Waals surface area (Å²) in [5, 5.41) is 13.7. The molecule has 1 aliphatic heterocycles. The van der Waals surface area contributed by atoms with Gasteiger partial charge in [0.2, 0.25) is 0 Å². The summed E-state index contributed by atoms with van der Waals surface area (Å²) >= 11 is 0. The van der Waals surface area contributed by atoms with Crippen LogP contribution in [0, 0.1) is 10.1 Å². The van der Waals surface area contributed by atoms with Gasteiger partial charge in [-0.05, 0) is 31.7 Å². The quantitative estimate of drug-likeness (QED) is 0.481. The number of amides is 1. The lowest BCUT2D eigenvalue weighted by Gasteiger charge is -2.35. The molecule has 1 aromatic rings. The van der Waals surface area contributed by atoms with Crippen LogP contribution in [0.1, 0.15) is 43.0 Å². The van der Waals surface area contributed by atoms with Gasteiger partial charge in [0, 0.05) is 37.5 Å². The Kier molecular flexibility index (Phi) is 6.32. The molecule has 1 saturated heterocycles. The zero-order valence-electron chi connectivity index (χ0n) is 14.5. The van der Waals surface area contributed by atoms with Crippen molar-refractivity contribution in [2.75, 3.05) is 25.5 Å². The van der Waals surface area contributed by atoms with Crippen molar-refractivity contribution in [2.24, 2.45) is 0 Å². The molecule has 0 spiro atoms. The van der Waals surface area contributed by atoms with Crippen molar-refractivity contribution in [3.05, 3.63) is 33.9 Å². The fourth-order valence-corrected chi connectivity index (χ4v) is 3.07. The van der Waals surface area contributed by atoms with Crippen LogP contribution in [0.25, 0.3) is 0 Å². The van der Waals surface area contributed by atoms with Gasteiger partial charge in [-0.2, -0.15) is 0 Å². The molecule has 0 radical (unpaired) electrons. The Bertz CT molecular complexity index is 662. The second-order valence-corrected chi connectivity index (χ2v) is 5.96. The van der Waals surface area contributed by atoms with E-state index in [2.05, 4.69) is 5.32 Å². The van der Waals surface area contributed by atoms with E-state index in [4.69, 9.17) is 4.74 Å². The third-order valence-corrected chi connectivity index (χ3v) is 4.45. The van der Waals surface area contributed by atoms with Crippen LogP contribution in [0.3, 0.4) is 0 Å². The zero-order valence-corrected chi connectivity index (χ0v) is 14.5. The minimum Gasteiger partial charge on any atom is -0.452 e. The molecular weight excluding hydrogens is 326 g/mol. The summed E-state index contributed by atoms with van der Waals surface area (Å²) in [6, 6.07) is 4.07. The Hall–Kier alpha value is -2.64. The van der Waals surface area contributed by atoms with Crippen LogP contribution >= 0.6 is 0 Å². The topological polar surface area (TPSA) is 102 Å². The highest BCUT2D eigenvalue weighted by atomic mass is 16.6. The van der Waals surface area contributed by atoms with Crippen molar-refractivity contribution < 1.29 is 19.2 Å².